The maximum atomic E-state index is 12.3. The van der Waals surface area contributed by atoms with Crippen molar-refractivity contribution in [3.63, 3.8) is 0 Å². The molecule has 4 nitrogen and oxygen atoms in total. The fourth-order valence-electron chi connectivity index (χ4n) is 2.53. The van der Waals surface area contributed by atoms with Crippen LogP contribution in [0, 0.1) is 0 Å². The highest BCUT2D eigenvalue weighted by Crippen LogP contribution is 2.36. The molecule has 8 heteroatoms. The van der Waals surface area contributed by atoms with Crippen molar-refractivity contribution in [3.05, 3.63) is 79.8 Å². The number of carbonyl (C=O) groups is 1. The van der Waals surface area contributed by atoms with Crippen molar-refractivity contribution in [3.8, 4) is 11.3 Å². The third-order valence-electron chi connectivity index (χ3n) is 3.84. The number of hydrogen-bond acceptors (Lipinski definition) is 4. The molecule has 1 saturated heterocycles. The SMILES string of the molecule is O=C1NC(=Nc2ccccc2Br)S/C1=C/c1ccc(-c2cccc(Cl)c2Cl)o1. The second-order valence-corrected chi connectivity index (χ2v) is 8.41. The first-order valence-electron chi connectivity index (χ1n) is 8.09. The Morgan fingerprint density at radius 3 is 2.71 bits per heavy atom. The fraction of sp³-hybridized carbons (Fsp3) is 0. The van der Waals surface area contributed by atoms with Crippen LogP contribution in [0.1, 0.15) is 5.76 Å². The lowest BCUT2D eigenvalue weighted by Gasteiger charge is -2.01. The first-order chi connectivity index (χ1) is 13.5. The molecule has 1 aromatic heterocycles. The molecule has 1 aliphatic rings. The number of thioether (sulfide) groups is 1. The van der Waals surface area contributed by atoms with Gasteiger partial charge >= 0.3 is 0 Å². The van der Waals surface area contributed by atoms with Crippen LogP contribution in [0.4, 0.5) is 5.69 Å². The molecule has 4 rings (SSSR count). The van der Waals surface area contributed by atoms with Gasteiger partial charge in [0.1, 0.15) is 11.5 Å². The third kappa shape index (κ3) is 4.05. The molecular weight excluding hydrogens is 483 g/mol. The van der Waals surface area contributed by atoms with E-state index in [1.165, 1.54) is 11.8 Å². The van der Waals surface area contributed by atoms with Gasteiger partial charge in [-0.1, -0.05) is 41.4 Å². The molecule has 0 aliphatic carbocycles. The van der Waals surface area contributed by atoms with Crippen LogP contribution in [0.15, 0.2) is 73.4 Å². The van der Waals surface area contributed by atoms with Gasteiger partial charge in [-0.25, -0.2) is 4.99 Å². The van der Waals surface area contributed by atoms with Crippen molar-refractivity contribution in [1.29, 1.82) is 0 Å². The van der Waals surface area contributed by atoms with Crippen molar-refractivity contribution < 1.29 is 9.21 Å². The number of nitrogens with one attached hydrogen (secondary N) is 1. The van der Waals surface area contributed by atoms with Gasteiger partial charge in [-0.15, -0.1) is 0 Å². The maximum absolute atomic E-state index is 12.3. The summed E-state index contributed by atoms with van der Waals surface area (Å²) in [6.07, 6.45) is 1.67. The van der Waals surface area contributed by atoms with Crippen LogP contribution >= 0.6 is 50.9 Å². The van der Waals surface area contributed by atoms with Gasteiger partial charge in [0, 0.05) is 16.1 Å². The minimum absolute atomic E-state index is 0.227. The number of nitrogens with zero attached hydrogens (tertiary/aromatic N) is 1. The summed E-state index contributed by atoms with van der Waals surface area (Å²) >= 11 is 17.0. The Balaban J connectivity index is 1.59. The molecule has 0 radical (unpaired) electrons. The summed E-state index contributed by atoms with van der Waals surface area (Å²) in [5, 5.41) is 4.14. The molecule has 1 fully saturated rings. The van der Waals surface area contributed by atoms with E-state index in [-0.39, 0.29) is 5.91 Å². The van der Waals surface area contributed by atoms with Crippen molar-refractivity contribution in [2.24, 2.45) is 4.99 Å². The molecule has 2 heterocycles. The summed E-state index contributed by atoms with van der Waals surface area (Å²) < 4.78 is 6.68. The Morgan fingerprint density at radius 1 is 1.07 bits per heavy atom. The van der Waals surface area contributed by atoms with E-state index in [1.54, 1.807) is 30.3 Å². The number of rotatable bonds is 3. The summed E-state index contributed by atoms with van der Waals surface area (Å²) in [5.74, 6) is 0.880. The first kappa shape index (κ1) is 19.3. The molecule has 0 saturated carbocycles. The zero-order valence-electron chi connectivity index (χ0n) is 14.1. The third-order valence-corrected chi connectivity index (χ3v) is 6.24. The lowest BCUT2D eigenvalue weighted by Crippen LogP contribution is -2.19. The number of carbonyl (C=O) groups excluding carboxylic acids is 1. The number of furan rings is 1. The van der Waals surface area contributed by atoms with Crippen LogP contribution in [0.25, 0.3) is 17.4 Å². The molecular formula is C20H11BrCl2N2O2S. The molecule has 0 unspecified atom stereocenters. The minimum atomic E-state index is -0.227. The van der Waals surface area contributed by atoms with Crippen molar-refractivity contribution in [2.75, 3.05) is 0 Å². The van der Waals surface area contributed by atoms with Gasteiger partial charge in [-0.3, -0.25) is 4.79 Å². The van der Waals surface area contributed by atoms with E-state index < -0.39 is 0 Å². The number of halogens is 3. The Bertz CT molecular complexity index is 1140. The minimum Gasteiger partial charge on any atom is -0.457 e. The van der Waals surface area contributed by atoms with E-state index in [0.717, 1.165) is 10.2 Å². The van der Waals surface area contributed by atoms with Crippen LogP contribution < -0.4 is 5.32 Å². The summed E-state index contributed by atoms with van der Waals surface area (Å²) in [7, 11) is 0. The van der Waals surface area contributed by atoms with Gasteiger partial charge in [-0.05, 0) is 64.1 Å². The molecule has 0 spiro atoms. The number of hydrogen-bond donors (Lipinski definition) is 1. The smallest absolute Gasteiger partial charge is 0.264 e. The topological polar surface area (TPSA) is 54.6 Å². The highest BCUT2D eigenvalue weighted by atomic mass is 79.9. The lowest BCUT2D eigenvalue weighted by atomic mass is 10.2. The number of amides is 1. The van der Waals surface area contributed by atoms with Gasteiger partial charge < -0.3 is 9.73 Å². The molecule has 28 heavy (non-hydrogen) atoms. The molecule has 2 aromatic carbocycles. The van der Waals surface area contributed by atoms with Crippen molar-refractivity contribution in [2.45, 2.75) is 0 Å². The Kier molecular flexibility index (Phi) is 5.64. The van der Waals surface area contributed by atoms with Gasteiger partial charge in [0.25, 0.3) is 5.91 Å². The van der Waals surface area contributed by atoms with Crippen LogP contribution in [-0.2, 0) is 4.79 Å². The van der Waals surface area contributed by atoms with Crippen LogP contribution in [-0.4, -0.2) is 11.1 Å². The van der Waals surface area contributed by atoms with E-state index in [4.69, 9.17) is 27.6 Å². The van der Waals surface area contributed by atoms with Crippen LogP contribution in [0.3, 0.4) is 0 Å². The molecule has 1 aliphatic heterocycles. The largest absolute Gasteiger partial charge is 0.457 e. The van der Waals surface area contributed by atoms with E-state index in [1.807, 2.05) is 30.3 Å². The highest BCUT2D eigenvalue weighted by Gasteiger charge is 2.24. The second-order valence-electron chi connectivity index (χ2n) is 5.74. The van der Waals surface area contributed by atoms with Gasteiger partial charge in [0.15, 0.2) is 5.17 Å². The van der Waals surface area contributed by atoms with E-state index in [0.29, 0.717) is 37.2 Å². The van der Waals surface area contributed by atoms with E-state index in [9.17, 15) is 4.79 Å². The van der Waals surface area contributed by atoms with E-state index >= 15 is 0 Å². The number of para-hydroxylation sites is 1. The predicted molar refractivity (Wildman–Crippen MR) is 119 cm³/mol. The van der Waals surface area contributed by atoms with Crippen LogP contribution in [0.2, 0.25) is 10.0 Å². The van der Waals surface area contributed by atoms with Crippen molar-refractivity contribution >= 4 is 73.7 Å². The number of amidine groups is 1. The lowest BCUT2D eigenvalue weighted by molar-refractivity contribution is -0.115. The zero-order valence-corrected chi connectivity index (χ0v) is 18.0. The molecule has 0 atom stereocenters. The van der Waals surface area contributed by atoms with Gasteiger partial charge in [-0.2, -0.15) is 0 Å². The maximum Gasteiger partial charge on any atom is 0.264 e. The molecule has 3 aromatic rings. The molecule has 0 bridgehead atoms. The molecule has 1 amide bonds. The Labute approximate surface area is 183 Å². The first-order valence-corrected chi connectivity index (χ1v) is 10.5. The Morgan fingerprint density at radius 2 is 1.89 bits per heavy atom. The summed E-state index contributed by atoms with van der Waals surface area (Å²) in [6.45, 7) is 0. The monoisotopic (exact) mass is 492 g/mol. The van der Waals surface area contributed by atoms with Crippen LogP contribution in [0.5, 0.6) is 0 Å². The molecule has 1 N–H and O–H groups in total. The van der Waals surface area contributed by atoms with E-state index in [2.05, 4.69) is 26.2 Å². The van der Waals surface area contributed by atoms with Crippen molar-refractivity contribution in [1.82, 2.24) is 5.32 Å². The fourth-order valence-corrected chi connectivity index (χ4v) is 4.11. The summed E-state index contributed by atoms with van der Waals surface area (Å²) in [6, 6.07) is 16.4. The normalized spacial score (nSPS) is 16.8. The molecule has 140 valence electrons. The quantitative estimate of drug-likeness (QED) is 0.403. The zero-order chi connectivity index (χ0) is 19.7. The Hall–Kier alpha value is -1.99. The predicted octanol–water partition coefficient (Wildman–Crippen LogP) is 6.91. The standard InChI is InChI=1S/C20H11BrCl2N2O2S/c21-13-5-1-2-7-15(13)24-20-25-19(26)17(28-20)10-11-8-9-16(27-11)12-4-3-6-14(22)18(12)23/h1-10H,(H,24,25,26)/b17-10+. The average molecular weight is 494 g/mol. The average Bonchev–Trinajstić information content (AvgIpc) is 3.26. The summed E-state index contributed by atoms with van der Waals surface area (Å²) in [5.41, 5.74) is 1.43. The highest BCUT2D eigenvalue weighted by molar-refractivity contribution is 9.10. The summed E-state index contributed by atoms with van der Waals surface area (Å²) in [4.78, 5) is 17.2. The second kappa shape index (κ2) is 8.17. The number of benzene rings is 2. The number of aliphatic imine (C=N–C) groups is 1. The van der Waals surface area contributed by atoms with Gasteiger partial charge in [0.2, 0.25) is 0 Å². The van der Waals surface area contributed by atoms with Gasteiger partial charge in [0.05, 0.1) is 20.6 Å².